The highest BCUT2D eigenvalue weighted by Gasteiger charge is 2.31. The monoisotopic (exact) mass is 407 g/mol. The number of hydrogen-bond donors (Lipinski definition) is 1. The van der Waals surface area contributed by atoms with Crippen LogP contribution in [0.3, 0.4) is 0 Å². The lowest BCUT2D eigenvalue weighted by Gasteiger charge is -2.24. The molecule has 29 heavy (non-hydrogen) atoms. The first-order chi connectivity index (χ1) is 14.1. The number of fused-ring (bicyclic) bond motifs is 1. The minimum absolute atomic E-state index is 0.0853. The third-order valence-electron chi connectivity index (χ3n) is 4.77. The predicted molar refractivity (Wildman–Crippen MR) is 111 cm³/mol. The summed E-state index contributed by atoms with van der Waals surface area (Å²) in [6.45, 7) is 0.151. The molecule has 1 atom stereocenters. The number of anilines is 1. The maximum Gasteiger partial charge on any atom is 0.226 e. The van der Waals surface area contributed by atoms with Crippen molar-refractivity contribution < 1.29 is 14.3 Å². The molecule has 2 aromatic carbocycles. The van der Waals surface area contributed by atoms with Crippen molar-refractivity contribution in [3.63, 3.8) is 0 Å². The van der Waals surface area contributed by atoms with Crippen molar-refractivity contribution in [2.75, 3.05) is 19.0 Å². The molecule has 1 unspecified atom stereocenters. The minimum atomic E-state index is -0.165. The molecule has 6 nitrogen and oxygen atoms in total. The van der Waals surface area contributed by atoms with Gasteiger partial charge in [0.1, 0.15) is 12.4 Å². The third kappa shape index (κ3) is 3.65. The molecular weight excluding hydrogens is 390 g/mol. The number of carbonyl (C=O) groups excluding carboxylic acids is 1. The Morgan fingerprint density at radius 1 is 1.31 bits per heavy atom. The van der Waals surface area contributed by atoms with E-state index in [9.17, 15) is 4.79 Å². The molecule has 2 heterocycles. The summed E-state index contributed by atoms with van der Waals surface area (Å²) in [7, 11) is 1.57. The molecule has 1 aliphatic heterocycles. The van der Waals surface area contributed by atoms with Gasteiger partial charge in [-0.3, -0.25) is 4.79 Å². The summed E-state index contributed by atoms with van der Waals surface area (Å²) in [4.78, 5) is 12.5. The number of ether oxygens (including phenoxy) is 2. The van der Waals surface area contributed by atoms with E-state index in [0.717, 1.165) is 16.8 Å². The van der Waals surface area contributed by atoms with Gasteiger partial charge in [0.2, 0.25) is 5.91 Å². The number of carbonyl (C=O) groups is 1. The molecule has 146 valence electrons. The van der Waals surface area contributed by atoms with Crippen molar-refractivity contribution in [3.8, 4) is 29.5 Å². The van der Waals surface area contributed by atoms with Crippen molar-refractivity contribution in [2.24, 2.45) is 0 Å². The van der Waals surface area contributed by atoms with Crippen LogP contribution in [0.25, 0.3) is 5.69 Å². The minimum Gasteiger partial charge on any atom is -0.493 e. The molecule has 0 spiro atoms. The molecule has 0 radical (unpaired) electrons. The number of benzene rings is 2. The van der Waals surface area contributed by atoms with Gasteiger partial charge in [0, 0.05) is 22.9 Å². The largest absolute Gasteiger partial charge is 0.493 e. The summed E-state index contributed by atoms with van der Waals surface area (Å²) < 4.78 is 12.6. The molecule has 1 aliphatic rings. The van der Waals surface area contributed by atoms with E-state index in [1.54, 1.807) is 36.2 Å². The number of halogens is 1. The molecule has 1 amide bonds. The van der Waals surface area contributed by atoms with E-state index in [0.29, 0.717) is 28.8 Å². The van der Waals surface area contributed by atoms with Crippen molar-refractivity contribution in [2.45, 2.75) is 12.3 Å². The lowest BCUT2D eigenvalue weighted by atomic mass is 9.87. The molecule has 4 rings (SSSR count). The van der Waals surface area contributed by atoms with Crippen LogP contribution >= 0.6 is 11.6 Å². The zero-order valence-corrected chi connectivity index (χ0v) is 16.4. The van der Waals surface area contributed by atoms with Crippen LogP contribution in [0.1, 0.15) is 23.5 Å². The topological polar surface area (TPSA) is 65.4 Å². The quantitative estimate of drug-likeness (QED) is 0.649. The van der Waals surface area contributed by atoms with Crippen LogP contribution < -0.4 is 14.8 Å². The van der Waals surface area contributed by atoms with Gasteiger partial charge < -0.3 is 14.8 Å². The smallest absolute Gasteiger partial charge is 0.226 e. The van der Waals surface area contributed by atoms with Crippen molar-refractivity contribution in [1.82, 2.24) is 9.78 Å². The van der Waals surface area contributed by atoms with E-state index < -0.39 is 0 Å². The number of methoxy groups -OCH3 is 1. The number of nitrogens with one attached hydrogen (secondary N) is 1. The first kappa shape index (κ1) is 18.9. The fourth-order valence-electron chi connectivity index (χ4n) is 3.46. The lowest BCUT2D eigenvalue weighted by molar-refractivity contribution is -0.116. The van der Waals surface area contributed by atoms with Crippen LogP contribution in [-0.2, 0) is 4.79 Å². The first-order valence-electron chi connectivity index (χ1n) is 8.98. The van der Waals surface area contributed by atoms with Crippen molar-refractivity contribution in [3.05, 3.63) is 64.8 Å². The van der Waals surface area contributed by atoms with Gasteiger partial charge in [0.15, 0.2) is 11.5 Å². The fourth-order valence-corrected chi connectivity index (χ4v) is 3.64. The average molecular weight is 408 g/mol. The molecule has 7 heteroatoms. The Morgan fingerprint density at radius 3 is 2.93 bits per heavy atom. The van der Waals surface area contributed by atoms with E-state index in [-0.39, 0.29) is 18.4 Å². The number of amides is 1. The summed E-state index contributed by atoms with van der Waals surface area (Å²) in [6.07, 6.45) is 7.35. The van der Waals surface area contributed by atoms with Gasteiger partial charge in [-0.15, -0.1) is 6.42 Å². The van der Waals surface area contributed by atoms with Gasteiger partial charge in [-0.1, -0.05) is 29.7 Å². The summed E-state index contributed by atoms with van der Waals surface area (Å²) in [5.74, 6) is 3.95. The van der Waals surface area contributed by atoms with Crippen LogP contribution in [-0.4, -0.2) is 29.4 Å². The molecule has 3 aromatic rings. The number of nitrogens with zero attached hydrogens (tertiary/aromatic N) is 2. The third-order valence-corrected chi connectivity index (χ3v) is 5.01. The molecular formula is C22H18ClN3O3. The van der Waals surface area contributed by atoms with Crippen LogP contribution in [0.2, 0.25) is 5.02 Å². The lowest BCUT2D eigenvalue weighted by Crippen LogP contribution is -2.24. The highest BCUT2D eigenvalue weighted by molar-refractivity contribution is 6.30. The van der Waals surface area contributed by atoms with Gasteiger partial charge in [-0.25, -0.2) is 4.68 Å². The van der Waals surface area contributed by atoms with Gasteiger partial charge >= 0.3 is 0 Å². The molecule has 0 saturated carbocycles. The number of aromatic nitrogens is 2. The Bertz CT molecular complexity index is 1120. The normalized spacial score (nSPS) is 15.2. The highest BCUT2D eigenvalue weighted by Crippen LogP contribution is 2.40. The van der Waals surface area contributed by atoms with Crippen LogP contribution in [0.5, 0.6) is 11.5 Å². The summed E-state index contributed by atoms with van der Waals surface area (Å²) in [5.41, 5.74) is 2.62. The summed E-state index contributed by atoms with van der Waals surface area (Å²) >= 11 is 6.12. The Kier molecular flexibility index (Phi) is 5.15. The van der Waals surface area contributed by atoms with Gasteiger partial charge in [0.05, 0.1) is 19.0 Å². The predicted octanol–water partition coefficient (Wildman–Crippen LogP) is 4.02. The standard InChI is InChI=1S/C22H18ClN3O3/c1-3-9-29-19-8-7-14(10-20(19)28-2)17-12-21(27)25-22-18(17)13-24-26(22)16-6-4-5-15(23)11-16/h1,4-8,10-11,13,17H,9,12H2,2H3,(H,25,27). The first-order valence-corrected chi connectivity index (χ1v) is 9.36. The van der Waals surface area contributed by atoms with E-state index in [2.05, 4.69) is 16.3 Å². The second-order valence-electron chi connectivity index (χ2n) is 6.55. The maximum absolute atomic E-state index is 12.5. The molecule has 0 saturated heterocycles. The molecule has 1 aromatic heterocycles. The van der Waals surface area contributed by atoms with E-state index >= 15 is 0 Å². The van der Waals surface area contributed by atoms with E-state index in [1.165, 1.54) is 0 Å². The Labute approximate surface area is 173 Å². The Balaban J connectivity index is 1.75. The van der Waals surface area contributed by atoms with Gasteiger partial charge in [-0.2, -0.15) is 5.10 Å². The van der Waals surface area contributed by atoms with Crippen LogP contribution in [0.15, 0.2) is 48.7 Å². The van der Waals surface area contributed by atoms with Gasteiger partial charge in [-0.05, 0) is 35.9 Å². The second-order valence-corrected chi connectivity index (χ2v) is 6.98. The highest BCUT2D eigenvalue weighted by atomic mass is 35.5. The summed E-state index contributed by atoms with van der Waals surface area (Å²) in [5, 5.41) is 8.01. The summed E-state index contributed by atoms with van der Waals surface area (Å²) in [6, 6.07) is 12.9. The average Bonchev–Trinajstić information content (AvgIpc) is 3.15. The number of terminal acetylenes is 1. The zero-order chi connectivity index (χ0) is 20.4. The Hall–Kier alpha value is -3.43. The molecule has 1 N–H and O–H groups in total. The van der Waals surface area contributed by atoms with Crippen molar-refractivity contribution >= 4 is 23.3 Å². The molecule has 0 aliphatic carbocycles. The second kappa shape index (κ2) is 7.90. The number of hydrogen-bond acceptors (Lipinski definition) is 4. The van der Waals surface area contributed by atoms with Crippen molar-refractivity contribution in [1.29, 1.82) is 0 Å². The van der Waals surface area contributed by atoms with E-state index in [4.69, 9.17) is 27.5 Å². The maximum atomic E-state index is 12.5. The van der Waals surface area contributed by atoms with E-state index in [1.807, 2.05) is 24.3 Å². The van der Waals surface area contributed by atoms with Gasteiger partial charge in [0.25, 0.3) is 0 Å². The Morgan fingerprint density at radius 2 is 2.17 bits per heavy atom. The van der Waals surface area contributed by atoms with Crippen LogP contribution in [0.4, 0.5) is 5.82 Å². The van der Waals surface area contributed by atoms with Crippen LogP contribution in [0, 0.1) is 12.3 Å². The number of rotatable bonds is 5. The molecule has 0 fully saturated rings. The zero-order valence-electron chi connectivity index (χ0n) is 15.7. The molecule has 0 bridgehead atoms. The fraction of sp³-hybridized carbons (Fsp3) is 0.182. The SMILES string of the molecule is C#CCOc1ccc(C2CC(=O)Nc3c2cnn3-c2cccc(Cl)c2)cc1OC.